The second kappa shape index (κ2) is 12.2. The van der Waals surface area contributed by atoms with Crippen LogP contribution in [0.25, 0.3) is 0 Å². The van der Waals surface area contributed by atoms with Crippen molar-refractivity contribution in [1.29, 1.82) is 0 Å². The van der Waals surface area contributed by atoms with Gasteiger partial charge in [-0.3, -0.25) is 9.56 Å². The highest BCUT2D eigenvalue weighted by Gasteiger charge is 2.16. The minimum Gasteiger partial charge on any atom is -0.357 e. The lowest BCUT2D eigenvalue weighted by atomic mass is 10.1. The first kappa shape index (κ1) is 23.7. The maximum absolute atomic E-state index is 12.3. The number of nitrogens with one attached hydrogen (secondary N) is 2. The van der Waals surface area contributed by atoms with Crippen molar-refractivity contribution in [1.82, 2.24) is 25.0 Å². The first-order chi connectivity index (χ1) is 13.7. The van der Waals surface area contributed by atoms with Gasteiger partial charge in [-0.05, 0) is 50.3 Å². The zero-order chi connectivity index (χ0) is 19.8. The normalized spacial score (nSPS) is 13.5. The summed E-state index contributed by atoms with van der Waals surface area (Å²) >= 11 is 6.03. The highest BCUT2D eigenvalue weighted by molar-refractivity contribution is 14.0. The van der Waals surface area contributed by atoms with Gasteiger partial charge in [-0.15, -0.1) is 24.0 Å². The van der Waals surface area contributed by atoms with Crippen molar-refractivity contribution < 1.29 is 0 Å². The van der Waals surface area contributed by atoms with E-state index < -0.39 is 0 Å². The summed E-state index contributed by atoms with van der Waals surface area (Å²) in [5.74, 6) is 1.72. The van der Waals surface area contributed by atoms with Crippen LogP contribution in [-0.4, -0.2) is 39.9 Å². The maximum atomic E-state index is 12.3. The zero-order valence-electron chi connectivity index (χ0n) is 16.9. The molecule has 1 aliphatic heterocycles. The van der Waals surface area contributed by atoms with Crippen LogP contribution >= 0.6 is 35.6 Å². The largest absolute Gasteiger partial charge is 0.357 e. The van der Waals surface area contributed by atoms with E-state index in [1.165, 1.54) is 5.56 Å². The Bertz CT molecular complexity index is 863. The highest BCUT2D eigenvalue weighted by atomic mass is 127. The van der Waals surface area contributed by atoms with Gasteiger partial charge in [0.15, 0.2) is 5.96 Å². The zero-order valence-corrected chi connectivity index (χ0v) is 20.0. The molecule has 2 aromatic rings. The van der Waals surface area contributed by atoms with Crippen molar-refractivity contribution in [2.45, 2.75) is 52.1 Å². The third-order valence-corrected chi connectivity index (χ3v) is 5.00. The molecule has 0 saturated carbocycles. The van der Waals surface area contributed by atoms with Gasteiger partial charge in [0.2, 0.25) is 0 Å². The molecule has 2 N–H and O–H groups in total. The fourth-order valence-corrected chi connectivity index (χ4v) is 3.58. The minimum atomic E-state index is 0. The predicted molar refractivity (Wildman–Crippen MR) is 129 cm³/mol. The number of fused-ring (bicyclic) bond motifs is 1. The van der Waals surface area contributed by atoms with Crippen molar-refractivity contribution in [2.24, 2.45) is 4.99 Å². The first-order valence-electron chi connectivity index (χ1n) is 10.1. The predicted octanol–water partition coefficient (Wildman–Crippen LogP) is 2.84. The average Bonchev–Trinajstić information content (AvgIpc) is 3.01. The number of rotatable bonds is 8. The van der Waals surface area contributed by atoms with Crippen LogP contribution in [0.15, 0.2) is 34.1 Å². The van der Waals surface area contributed by atoms with Gasteiger partial charge in [0, 0.05) is 44.2 Å². The van der Waals surface area contributed by atoms with E-state index in [1.54, 1.807) is 4.68 Å². The van der Waals surface area contributed by atoms with E-state index in [4.69, 9.17) is 11.6 Å². The number of aromatic nitrogens is 3. The molecule has 1 aliphatic rings. The fraction of sp³-hybridized carbons (Fsp3) is 0.550. The van der Waals surface area contributed by atoms with E-state index in [1.807, 2.05) is 29.7 Å². The molecule has 0 amide bonds. The third-order valence-electron chi connectivity index (χ3n) is 4.77. The summed E-state index contributed by atoms with van der Waals surface area (Å²) in [6, 6.07) is 7.90. The molecule has 9 heteroatoms. The number of hydrogen-bond donors (Lipinski definition) is 2. The molecule has 0 fully saturated rings. The van der Waals surface area contributed by atoms with E-state index in [0.29, 0.717) is 13.1 Å². The van der Waals surface area contributed by atoms with Crippen LogP contribution in [-0.2, 0) is 25.9 Å². The van der Waals surface area contributed by atoms with Gasteiger partial charge in [-0.1, -0.05) is 23.7 Å². The molecule has 29 heavy (non-hydrogen) atoms. The van der Waals surface area contributed by atoms with Crippen molar-refractivity contribution in [3.8, 4) is 0 Å². The van der Waals surface area contributed by atoms with E-state index in [9.17, 15) is 4.79 Å². The standard InChI is InChI=1S/C20H29ClN6O.HI/c1-2-22-19(24-12-10-16-7-5-8-17(21)15-16)23-11-6-14-27-20(28)26-13-4-3-9-18(26)25-27;/h5,7-8,15H,2-4,6,9-14H2,1H3,(H2,22,23,24);1H. The summed E-state index contributed by atoms with van der Waals surface area (Å²) in [6.45, 7) is 5.66. The van der Waals surface area contributed by atoms with E-state index >= 15 is 0 Å². The van der Waals surface area contributed by atoms with Crippen LogP contribution in [0.2, 0.25) is 5.02 Å². The van der Waals surface area contributed by atoms with Gasteiger partial charge in [0.1, 0.15) is 5.82 Å². The molecule has 0 unspecified atom stereocenters. The Labute approximate surface area is 194 Å². The molecule has 0 spiro atoms. The smallest absolute Gasteiger partial charge is 0.345 e. The molecule has 1 aromatic carbocycles. The van der Waals surface area contributed by atoms with Crippen LogP contribution in [0.4, 0.5) is 0 Å². The summed E-state index contributed by atoms with van der Waals surface area (Å²) in [5.41, 5.74) is 1.21. The maximum Gasteiger partial charge on any atom is 0.345 e. The van der Waals surface area contributed by atoms with Crippen LogP contribution in [0, 0.1) is 0 Å². The number of aliphatic imine (C=N–C) groups is 1. The monoisotopic (exact) mass is 532 g/mol. The number of aryl methyl sites for hydroxylation is 2. The first-order valence-corrected chi connectivity index (χ1v) is 10.5. The van der Waals surface area contributed by atoms with Crippen molar-refractivity contribution in [3.63, 3.8) is 0 Å². The molecule has 3 rings (SSSR count). The van der Waals surface area contributed by atoms with Gasteiger partial charge in [-0.2, -0.15) is 5.10 Å². The Morgan fingerprint density at radius 1 is 1.31 bits per heavy atom. The molecular formula is C20H30ClIN6O. The highest BCUT2D eigenvalue weighted by Crippen LogP contribution is 2.11. The Kier molecular flexibility index (Phi) is 9.99. The molecule has 0 saturated heterocycles. The molecule has 7 nitrogen and oxygen atoms in total. The van der Waals surface area contributed by atoms with Crippen LogP contribution in [0.1, 0.15) is 37.6 Å². The number of guanidine groups is 1. The molecule has 160 valence electrons. The quantitative estimate of drug-likeness (QED) is 0.237. The molecule has 2 heterocycles. The average molecular weight is 533 g/mol. The second-order valence-corrected chi connectivity index (χ2v) is 7.39. The lowest BCUT2D eigenvalue weighted by Crippen LogP contribution is -2.38. The minimum absolute atomic E-state index is 0. The van der Waals surface area contributed by atoms with Crippen molar-refractivity contribution in [3.05, 3.63) is 51.2 Å². The number of halogens is 2. The molecule has 0 bridgehead atoms. The number of benzene rings is 1. The van der Waals surface area contributed by atoms with Crippen LogP contribution < -0.4 is 16.3 Å². The van der Waals surface area contributed by atoms with Crippen LogP contribution in [0.3, 0.4) is 0 Å². The Morgan fingerprint density at radius 2 is 2.17 bits per heavy atom. The number of hydrogen-bond acceptors (Lipinski definition) is 3. The summed E-state index contributed by atoms with van der Waals surface area (Å²) in [7, 11) is 0. The van der Waals surface area contributed by atoms with E-state index in [-0.39, 0.29) is 29.7 Å². The second-order valence-electron chi connectivity index (χ2n) is 6.95. The Morgan fingerprint density at radius 3 is 2.93 bits per heavy atom. The Hall–Kier alpha value is -1.55. The molecule has 0 aliphatic carbocycles. The van der Waals surface area contributed by atoms with E-state index in [2.05, 4.69) is 26.8 Å². The van der Waals surface area contributed by atoms with Crippen molar-refractivity contribution in [2.75, 3.05) is 19.6 Å². The molecular weight excluding hydrogens is 503 g/mol. The molecule has 0 atom stereocenters. The van der Waals surface area contributed by atoms with Gasteiger partial charge in [0.25, 0.3) is 0 Å². The molecule has 1 aromatic heterocycles. The Balaban J connectivity index is 0.00000300. The SMILES string of the molecule is CCNC(=NCCCn1nc2n(c1=O)CCCC2)NCCc1cccc(Cl)c1.I. The summed E-state index contributed by atoms with van der Waals surface area (Å²) < 4.78 is 3.41. The fourth-order valence-electron chi connectivity index (χ4n) is 3.36. The van der Waals surface area contributed by atoms with Gasteiger partial charge in [0.05, 0.1) is 0 Å². The number of nitrogens with zero attached hydrogens (tertiary/aromatic N) is 4. The van der Waals surface area contributed by atoms with Crippen LogP contribution in [0.5, 0.6) is 0 Å². The lowest BCUT2D eigenvalue weighted by molar-refractivity contribution is 0.509. The molecule has 0 radical (unpaired) electrons. The van der Waals surface area contributed by atoms with Gasteiger partial charge in [-0.25, -0.2) is 9.48 Å². The van der Waals surface area contributed by atoms with Gasteiger partial charge >= 0.3 is 5.69 Å². The van der Waals surface area contributed by atoms with Gasteiger partial charge < -0.3 is 10.6 Å². The van der Waals surface area contributed by atoms with Crippen molar-refractivity contribution >= 4 is 41.5 Å². The summed E-state index contributed by atoms with van der Waals surface area (Å²) in [5, 5.41) is 11.8. The lowest BCUT2D eigenvalue weighted by Gasteiger charge is -2.11. The third kappa shape index (κ3) is 7.02. The topological polar surface area (TPSA) is 76.2 Å². The summed E-state index contributed by atoms with van der Waals surface area (Å²) in [4.78, 5) is 16.9. The van der Waals surface area contributed by atoms with E-state index in [0.717, 1.165) is 68.5 Å². The summed E-state index contributed by atoms with van der Waals surface area (Å²) in [6.07, 6.45) is 4.74.